The Kier molecular flexibility index (Phi) is 3.27. The van der Waals surface area contributed by atoms with Crippen molar-refractivity contribution in [2.75, 3.05) is 18.4 Å². The Hall–Kier alpha value is -2.05. The first-order chi connectivity index (χ1) is 8.16. The highest BCUT2D eigenvalue weighted by molar-refractivity contribution is 5.91. The molecule has 7 heteroatoms. The van der Waals surface area contributed by atoms with E-state index in [1.165, 1.54) is 6.07 Å². The molecule has 0 aromatic carbocycles. The molecule has 2 heterocycles. The summed E-state index contributed by atoms with van der Waals surface area (Å²) in [4.78, 5) is 24.1. The zero-order valence-corrected chi connectivity index (χ0v) is 9.27. The molecule has 0 bridgehead atoms. The normalized spacial score (nSPS) is 15.6. The quantitative estimate of drug-likeness (QED) is 0.719. The van der Waals surface area contributed by atoms with Gasteiger partial charge in [-0.2, -0.15) is 5.10 Å². The third-order valence-corrected chi connectivity index (χ3v) is 2.69. The number of hydrogen-bond donors (Lipinski definition) is 3. The first kappa shape index (κ1) is 11.4. The Morgan fingerprint density at radius 2 is 2.06 bits per heavy atom. The molecule has 0 aliphatic carbocycles. The lowest BCUT2D eigenvalue weighted by Gasteiger charge is -2.26. The minimum absolute atomic E-state index is 0.0426. The van der Waals surface area contributed by atoms with Gasteiger partial charge in [-0.3, -0.25) is 10.4 Å². The number of nitrogens with one attached hydrogen (secondary N) is 2. The molecule has 0 radical (unpaired) electrons. The maximum atomic E-state index is 11.8. The van der Waals surface area contributed by atoms with Gasteiger partial charge in [-0.15, -0.1) is 0 Å². The van der Waals surface area contributed by atoms with Crippen molar-refractivity contribution in [1.82, 2.24) is 15.1 Å². The van der Waals surface area contributed by atoms with Crippen LogP contribution in [-0.2, 0) is 0 Å². The molecule has 3 N–H and O–H groups in total. The molecule has 0 spiro atoms. The average molecular weight is 238 g/mol. The van der Waals surface area contributed by atoms with E-state index >= 15 is 0 Å². The van der Waals surface area contributed by atoms with E-state index in [0.717, 1.165) is 32.4 Å². The van der Waals surface area contributed by atoms with Crippen molar-refractivity contribution in [1.29, 1.82) is 0 Å². The van der Waals surface area contributed by atoms with Gasteiger partial charge in [0.2, 0.25) is 0 Å². The Balaban J connectivity index is 1.94. The predicted molar refractivity (Wildman–Crippen MR) is 60.0 cm³/mol. The number of nitrogens with zero attached hydrogens (tertiary/aromatic N) is 2. The highest BCUT2D eigenvalue weighted by Gasteiger charge is 2.17. The van der Waals surface area contributed by atoms with E-state index in [1.54, 1.807) is 4.90 Å². The summed E-state index contributed by atoms with van der Waals surface area (Å²) >= 11 is 0. The van der Waals surface area contributed by atoms with Gasteiger partial charge in [-0.1, -0.05) is 0 Å². The van der Waals surface area contributed by atoms with Crippen LogP contribution in [-0.4, -0.2) is 45.3 Å². The topological polar surface area (TPSA) is 98.3 Å². The van der Waals surface area contributed by atoms with Crippen LogP contribution >= 0.6 is 0 Å². The smallest absolute Gasteiger partial charge is 0.353 e. The number of hydrogen-bond acceptors (Lipinski definition) is 3. The SMILES string of the molecule is O=C(O)c1cc(NC(=O)N2CCCCC2)n[nH]1. The fourth-order valence-electron chi connectivity index (χ4n) is 1.78. The number of piperidine rings is 1. The van der Waals surface area contributed by atoms with Crippen LogP contribution in [0.3, 0.4) is 0 Å². The van der Waals surface area contributed by atoms with Gasteiger partial charge in [-0.25, -0.2) is 9.59 Å². The summed E-state index contributed by atoms with van der Waals surface area (Å²) in [6.07, 6.45) is 3.16. The minimum atomic E-state index is -1.10. The molecular weight excluding hydrogens is 224 g/mol. The van der Waals surface area contributed by atoms with Gasteiger partial charge in [0.05, 0.1) is 0 Å². The Labute approximate surface area is 97.8 Å². The van der Waals surface area contributed by atoms with Crippen molar-refractivity contribution in [3.05, 3.63) is 11.8 Å². The van der Waals surface area contributed by atoms with Crippen molar-refractivity contribution < 1.29 is 14.7 Å². The summed E-state index contributed by atoms with van der Waals surface area (Å²) in [6, 6.07) is 1.07. The van der Waals surface area contributed by atoms with Crippen molar-refractivity contribution in [2.45, 2.75) is 19.3 Å². The fraction of sp³-hybridized carbons (Fsp3) is 0.500. The first-order valence-corrected chi connectivity index (χ1v) is 5.51. The van der Waals surface area contributed by atoms with Crippen LogP contribution in [0.15, 0.2) is 6.07 Å². The number of carbonyl (C=O) groups excluding carboxylic acids is 1. The lowest BCUT2D eigenvalue weighted by atomic mass is 10.1. The summed E-state index contributed by atoms with van der Waals surface area (Å²) in [5.74, 6) is -0.867. The number of carboxylic acids is 1. The maximum Gasteiger partial charge on any atom is 0.353 e. The van der Waals surface area contributed by atoms with E-state index in [2.05, 4.69) is 15.5 Å². The molecule has 1 aliphatic rings. The summed E-state index contributed by atoms with van der Waals surface area (Å²) < 4.78 is 0. The number of rotatable bonds is 2. The van der Waals surface area contributed by atoms with Gasteiger partial charge >= 0.3 is 12.0 Å². The standard InChI is InChI=1S/C10H14N4O3/c15-9(16)7-6-8(13-12-7)11-10(17)14-4-2-1-3-5-14/h6H,1-5H2,(H,15,16)(H2,11,12,13,17). The average Bonchev–Trinajstić information content (AvgIpc) is 2.79. The number of anilines is 1. The zero-order chi connectivity index (χ0) is 12.3. The van der Waals surface area contributed by atoms with Crippen molar-refractivity contribution >= 4 is 17.8 Å². The van der Waals surface area contributed by atoms with Gasteiger partial charge in [-0.05, 0) is 19.3 Å². The molecular formula is C10H14N4O3. The summed E-state index contributed by atoms with van der Waals surface area (Å²) in [7, 11) is 0. The molecule has 1 aliphatic heterocycles. The number of likely N-dealkylation sites (tertiary alicyclic amines) is 1. The zero-order valence-electron chi connectivity index (χ0n) is 9.27. The van der Waals surface area contributed by atoms with Crippen molar-refractivity contribution in [3.63, 3.8) is 0 Å². The molecule has 1 fully saturated rings. The van der Waals surface area contributed by atoms with Crippen LogP contribution in [0.25, 0.3) is 0 Å². The van der Waals surface area contributed by atoms with E-state index in [4.69, 9.17) is 5.11 Å². The molecule has 17 heavy (non-hydrogen) atoms. The lowest BCUT2D eigenvalue weighted by Crippen LogP contribution is -2.38. The summed E-state index contributed by atoms with van der Waals surface area (Å²) in [5.41, 5.74) is -0.0426. The van der Waals surface area contributed by atoms with Gasteiger partial charge in [0, 0.05) is 19.2 Å². The van der Waals surface area contributed by atoms with Gasteiger partial charge < -0.3 is 10.0 Å². The monoisotopic (exact) mass is 238 g/mol. The number of carboxylic acid groups (broad SMARTS) is 1. The molecule has 0 saturated carbocycles. The number of H-pyrrole nitrogens is 1. The number of amides is 2. The molecule has 0 atom stereocenters. The number of aromatic nitrogens is 2. The molecule has 1 aromatic rings. The minimum Gasteiger partial charge on any atom is -0.477 e. The fourth-order valence-corrected chi connectivity index (χ4v) is 1.78. The van der Waals surface area contributed by atoms with Crippen LogP contribution < -0.4 is 5.32 Å². The van der Waals surface area contributed by atoms with E-state index in [0.29, 0.717) is 0 Å². The summed E-state index contributed by atoms with van der Waals surface area (Å²) in [6.45, 7) is 1.48. The van der Waals surface area contributed by atoms with Crippen LogP contribution in [0.4, 0.5) is 10.6 Å². The van der Waals surface area contributed by atoms with Gasteiger partial charge in [0.15, 0.2) is 5.82 Å². The highest BCUT2D eigenvalue weighted by atomic mass is 16.4. The second-order valence-corrected chi connectivity index (χ2v) is 3.95. The first-order valence-electron chi connectivity index (χ1n) is 5.51. The van der Waals surface area contributed by atoms with E-state index in [9.17, 15) is 9.59 Å². The van der Waals surface area contributed by atoms with Crippen molar-refractivity contribution in [2.24, 2.45) is 0 Å². The van der Waals surface area contributed by atoms with Crippen LogP contribution in [0.5, 0.6) is 0 Å². The van der Waals surface area contributed by atoms with E-state index in [-0.39, 0.29) is 17.5 Å². The number of aromatic carboxylic acids is 1. The number of aromatic amines is 1. The van der Waals surface area contributed by atoms with Gasteiger partial charge in [0.25, 0.3) is 0 Å². The third-order valence-electron chi connectivity index (χ3n) is 2.69. The van der Waals surface area contributed by atoms with Crippen LogP contribution in [0, 0.1) is 0 Å². The molecule has 92 valence electrons. The Bertz CT molecular complexity index is 423. The van der Waals surface area contributed by atoms with E-state index < -0.39 is 5.97 Å². The second kappa shape index (κ2) is 4.86. The largest absolute Gasteiger partial charge is 0.477 e. The van der Waals surface area contributed by atoms with Crippen LogP contribution in [0.1, 0.15) is 29.8 Å². The molecule has 2 rings (SSSR count). The molecule has 0 unspecified atom stereocenters. The maximum absolute atomic E-state index is 11.8. The van der Waals surface area contributed by atoms with Crippen LogP contribution in [0.2, 0.25) is 0 Å². The van der Waals surface area contributed by atoms with Crippen molar-refractivity contribution in [3.8, 4) is 0 Å². The third kappa shape index (κ3) is 2.74. The Morgan fingerprint density at radius 1 is 1.35 bits per heavy atom. The molecule has 7 nitrogen and oxygen atoms in total. The van der Waals surface area contributed by atoms with Gasteiger partial charge in [0.1, 0.15) is 5.69 Å². The summed E-state index contributed by atoms with van der Waals surface area (Å²) in [5, 5.41) is 17.3. The van der Waals surface area contributed by atoms with E-state index in [1.807, 2.05) is 0 Å². The predicted octanol–water partition coefficient (Wildman–Crippen LogP) is 1.13. The molecule has 1 aromatic heterocycles. The highest BCUT2D eigenvalue weighted by Crippen LogP contribution is 2.11. The Morgan fingerprint density at radius 3 is 2.65 bits per heavy atom. The molecule has 2 amide bonds. The number of carbonyl (C=O) groups is 2. The lowest BCUT2D eigenvalue weighted by molar-refractivity contribution is 0.0690. The second-order valence-electron chi connectivity index (χ2n) is 3.95. The number of urea groups is 1. The molecule has 1 saturated heterocycles.